The summed E-state index contributed by atoms with van der Waals surface area (Å²) in [4.78, 5) is 2.47. The third kappa shape index (κ3) is 3.56. The smallest absolute Gasteiger partial charge is 0.124 e. The number of hydrogen-bond acceptors (Lipinski definition) is 2. The zero-order valence-electron chi connectivity index (χ0n) is 11.4. The van der Waals surface area contributed by atoms with Gasteiger partial charge in [-0.1, -0.05) is 35.3 Å². The highest BCUT2D eigenvalue weighted by Gasteiger charge is 2.30. The molecule has 0 saturated heterocycles. The molecule has 106 valence electrons. The van der Waals surface area contributed by atoms with Crippen LogP contribution in [0.5, 0.6) is 0 Å². The molecular formula is C15H22BrFN2. The van der Waals surface area contributed by atoms with Gasteiger partial charge >= 0.3 is 0 Å². The quantitative estimate of drug-likeness (QED) is 0.895. The first-order chi connectivity index (χ1) is 9.15. The van der Waals surface area contributed by atoms with Crippen LogP contribution in [0.3, 0.4) is 0 Å². The molecule has 0 bridgehead atoms. The third-order valence-corrected chi connectivity index (χ3v) is 4.92. The van der Waals surface area contributed by atoms with Gasteiger partial charge in [0, 0.05) is 17.1 Å². The van der Waals surface area contributed by atoms with E-state index in [2.05, 4.69) is 27.8 Å². The maximum atomic E-state index is 13.1. The molecule has 1 aliphatic rings. The Kier molecular flexibility index (Phi) is 5.37. The normalized spacial score (nSPS) is 23.2. The Morgan fingerprint density at radius 1 is 1.42 bits per heavy atom. The van der Waals surface area contributed by atoms with Crippen LogP contribution >= 0.6 is 15.9 Å². The number of nitrogens with two attached hydrogens (primary N) is 1. The minimum atomic E-state index is -0.195. The third-order valence-electron chi connectivity index (χ3n) is 4.19. The van der Waals surface area contributed by atoms with Crippen molar-refractivity contribution in [1.29, 1.82) is 0 Å². The van der Waals surface area contributed by atoms with Gasteiger partial charge in [0.05, 0.1) is 0 Å². The second kappa shape index (κ2) is 6.82. The summed E-state index contributed by atoms with van der Waals surface area (Å²) in [6.45, 7) is 4.82. The lowest BCUT2D eigenvalue weighted by molar-refractivity contribution is 0.162. The van der Waals surface area contributed by atoms with Crippen molar-refractivity contribution in [3.8, 4) is 0 Å². The van der Waals surface area contributed by atoms with E-state index in [-0.39, 0.29) is 5.82 Å². The van der Waals surface area contributed by atoms with Crippen LogP contribution in [-0.2, 0) is 6.54 Å². The molecular weight excluding hydrogens is 307 g/mol. The Labute approximate surface area is 123 Å². The predicted molar refractivity (Wildman–Crippen MR) is 80.4 cm³/mol. The van der Waals surface area contributed by atoms with Crippen LogP contribution in [0.1, 0.15) is 31.7 Å². The van der Waals surface area contributed by atoms with Gasteiger partial charge in [-0.3, -0.25) is 4.90 Å². The predicted octanol–water partition coefficient (Wildman–Crippen LogP) is 3.54. The van der Waals surface area contributed by atoms with Crippen LogP contribution in [-0.4, -0.2) is 24.0 Å². The van der Waals surface area contributed by atoms with Crippen LogP contribution in [0.4, 0.5) is 4.39 Å². The van der Waals surface area contributed by atoms with Crippen molar-refractivity contribution in [3.05, 3.63) is 34.1 Å². The van der Waals surface area contributed by atoms with E-state index in [4.69, 9.17) is 5.73 Å². The Hall–Kier alpha value is -0.450. The average Bonchev–Trinajstić information content (AvgIpc) is 2.86. The van der Waals surface area contributed by atoms with Gasteiger partial charge in [-0.05, 0) is 49.5 Å². The monoisotopic (exact) mass is 328 g/mol. The number of halogens is 2. The average molecular weight is 329 g/mol. The summed E-state index contributed by atoms with van der Waals surface area (Å²) in [6.07, 6.45) is 3.74. The van der Waals surface area contributed by atoms with Crippen molar-refractivity contribution in [3.63, 3.8) is 0 Å². The molecule has 19 heavy (non-hydrogen) atoms. The van der Waals surface area contributed by atoms with Gasteiger partial charge in [0.1, 0.15) is 5.82 Å². The molecule has 0 aliphatic heterocycles. The molecule has 2 atom stereocenters. The molecule has 0 aromatic heterocycles. The Morgan fingerprint density at radius 3 is 2.84 bits per heavy atom. The molecule has 1 saturated carbocycles. The lowest BCUT2D eigenvalue weighted by atomic mass is 10.0. The fourth-order valence-corrected chi connectivity index (χ4v) is 3.58. The first kappa shape index (κ1) is 14.9. The standard InChI is InChI=1S/C15H22BrFN2/c1-2-19(15-5-3-4-11(15)9-18)10-12-6-7-13(17)8-14(12)16/h6-8,11,15H,2-5,9-10,18H2,1H3. The molecule has 1 aromatic carbocycles. The molecule has 1 fully saturated rings. The zero-order valence-corrected chi connectivity index (χ0v) is 13.0. The van der Waals surface area contributed by atoms with Crippen LogP contribution in [0.2, 0.25) is 0 Å². The van der Waals surface area contributed by atoms with Crippen molar-refractivity contribution in [2.45, 2.75) is 38.8 Å². The maximum absolute atomic E-state index is 13.1. The molecule has 2 N–H and O–H groups in total. The molecule has 4 heteroatoms. The second-order valence-corrected chi connectivity index (χ2v) is 6.15. The van der Waals surface area contributed by atoms with Gasteiger partial charge in [-0.2, -0.15) is 0 Å². The summed E-state index contributed by atoms with van der Waals surface area (Å²) in [5.74, 6) is 0.415. The van der Waals surface area contributed by atoms with E-state index in [1.807, 2.05) is 6.07 Å². The van der Waals surface area contributed by atoms with Gasteiger partial charge in [0.2, 0.25) is 0 Å². The molecule has 2 nitrogen and oxygen atoms in total. The number of nitrogens with zero attached hydrogens (tertiary/aromatic N) is 1. The maximum Gasteiger partial charge on any atom is 0.124 e. The van der Waals surface area contributed by atoms with Crippen LogP contribution in [0.25, 0.3) is 0 Å². The van der Waals surface area contributed by atoms with Crippen molar-refractivity contribution in [2.75, 3.05) is 13.1 Å². The second-order valence-electron chi connectivity index (χ2n) is 5.29. The van der Waals surface area contributed by atoms with E-state index in [0.29, 0.717) is 12.0 Å². The van der Waals surface area contributed by atoms with Gasteiger partial charge < -0.3 is 5.73 Å². The van der Waals surface area contributed by atoms with Crippen molar-refractivity contribution in [1.82, 2.24) is 4.90 Å². The molecule has 1 aromatic rings. The van der Waals surface area contributed by atoms with E-state index in [1.165, 1.54) is 31.4 Å². The largest absolute Gasteiger partial charge is 0.330 e. The molecule has 2 rings (SSSR count). The van der Waals surface area contributed by atoms with Gasteiger partial charge in [0.25, 0.3) is 0 Å². The molecule has 0 amide bonds. The lowest BCUT2D eigenvalue weighted by Gasteiger charge is -2.32. The summed E-state index contributed by atoms with van der Waals surface area (Å²) in [5.41, 5.74) is 7.02. The molecule has 2 unspecified atom stereocenters. The summed E-state index contributed by atoms with van der Waals surface area (Å²) in [5, 5.41) is 0. The van der Waals surface area contributed by atoms with Crippen LogP contribution in [0, 0.1) is 11.7 Å². The minimum Gasteiger partial charge on any atom is -0.330 e. The van der Waals surface area contributed by atoms with Crippen LogP contribution < -0.4 is 5.73 Å². The molecule has 0 spiro atoms. The highest BCUT2D eigenvalue weighted by Crippen LogP contribution is 2.31. The summed E-state index contributed by atoms with van der Waals surface area (Å²) >= 11 is 3.45. The Balaban J connectivity index is 2.10. The zero-order chi connectivity index (χ0) is 13.8. The lowest BCUT2D eigenvalue weighted by Crippen LogP contribution is -2.39. The van der Waals surface area contributed by atoms with Gasteiger partial charge in [0.15, 0.2) is 0 Å². The molecule has 1 aliphatic carbocycles. The van der Waals surface area contributed by atoms with E-state index < -0.39 is 0 Å². The summed E-state index contributed by atoms with van der Waals surface area (Å²) in [6, 6.07) is 5.52. The number of hydrogen-bond donors (Lipinski definition) is 1. The summed E-state index contributed by atoms with van der Waals surface area (Å²) in [7, 11) is 0. The summed E-state index contributed by atoms with van der Waals surface area (Å²) < 4.78 is 14.0. The van der Waals surface area contributed by atoms with Gasteiger partial charge in [-0.25, -0.2) is 4.39 Å². The number of benzene rings is 1. The molecule has 0 radical (unpaired) electrons. The van der Waals surface area contributed by atoms with Crippen molar-refractivity contribution < 1.29 is 4.39 Å². The van der Waals surface area contributed by atoms with Crippen molar-refractivity contribution >= 4 is 15.9 Å². The Morgan fingerprint density at radius 2 is 2.21 bits per heavy atom. The first-order valence-corrected chi connectivity index (χ1v) is 7.83. The highest BCUT2D eigenvalue weighted by atomic mass is 79.9. The fraction of sp³-hybridized carbons (Fsp3) is 0.600. The topological polar surface area (TPSA) is 29.3 Å². The van der Waals surface area contributed by atoms with E-state index >= 15 is 0 Å². The fourth-order valence-electron chi connectivity index (χ4n) is 3.11. The molecule has 0 heterocycles. The van der Waals surface area contributed by atoms with Gasteiger partial charge in [-0.15, -0.1) is 0 Å². The van der Waals surface area contributed by atoms with Crippen molar-refractivity contribution in [2.24, 2.45) is 11.7 Å². The van der Waals surface area contributed by atoms with E-state index in [0.717, 1.165) is 29.7 Å². The first-order valence-electron chi connectivity index (χ1n) is 7.03. The highest BCUT2D eigenvalue weighted by molar-refractivity contribution is 9.10. The van der Waals surface area contributed by atoms with E-state index in [1.54, 1.807) is 0 Å². The SMILES string of the molecule is CCN(Cc1ccc(F)cc1Br)C1CCCC1CN. The van der Waals surface area contributed by atoms with E-state index in [9.17, 15) is 4.39 Å². The minimum absolute atomic E-state index is 0.195. The van der Waals surface area contributed by atoms with Crippen LogP contribution in [0.15, 0.2) is 22.7 Å². The Bertz CT molecular complexity index is 425. The number of rotatable bonds is 5.